The molecule has 0 saturated carbocycles. The quantitative estimate of drug-likeness (QED) is 0.565. The Kier molecular flexibility index (Phi) is 6.64. The lowest BCUT2D eigenvalue weighted by atomic mass is 9.99. The maximum Gasteiger partial charge on any atom is 0.188 e. The molecule has 4 nitrogen and oxygen atoms in total. The van der Waals surface area contributed by atoms with E-state index in [0.717, 1.165) is 22.2 Å². The third-order valence-electron chi connectivity index (χ3n) is 3.93. The van der Waals surface area contributed by atoms with Crippen LogP contribution in [0.4, 0.5) is 0 Å². The summed E-state index contributed by atoms with van der Waals surface area (Å²) in [7, 11) is 3.20. The Morgan fingerprint density at radius 3 is 2.44 bits per heavy atom. The molecular weight excluding hydrogens is 404 g/mol. The molecule has 2 atom stereocenters. The van der Waals surface area contributed by atoms with Crippen LogP contribution >= 0.6 is 27.7 Å². The molecule has 0 fully saturated rings. The van der Waals surface area contributed by atoms with Crippen molar-refractivity contribution < 1.29 is 18.9 Å². The van der Waals surface area contributed by atoms with Crippen molar-refractivity contribution in [2.45, 2.75) is 11.7 Å². The van der Waals surface area contributed by atoms with Crippen LogP contribution < -0.4 is 9.47 Å². The Bertz CT molecular complexity index is 699. The number of benzene rings is 1. The van der Waals surface area contributed by atoms with Crippen molar-refractivity contribution in [2.75, 3.05) is 27.8 Å². The Morgan fingerprint density at radius 1 is 1.00 bits per heavy atom. The van der Waals surface area contributed by atoms with Gasteiger partial charge in [0, 0.05) is 43.4 Å². The molecular formula is C19H21BrO4S. The second kappa shape index (κ2) is 8.94. The molecule has 1 heterocycles. The number of methoxy groups -OCH3 is 2. The van der Waals surface area contributed by atoms with Gasteiger partial charge in [0.25, 0.3) is 0 Å². The summed E-state index contributed by atoms with van der Waals surface area (Å²) < 4.78 is 22.3. The van der Waals surface area contributed by atoms with Crippen LogP contribution in [0.15, 0.2) is 51.9 Å². The summed E-state index contributed by atoms with van der Waals surface area (Å²) in [5, 5.41) is 0.510. The number of hydrogen-bond donors (Lipinski definition) is 0. The van der Waals surface area contributed by atoms with Crippen molar-refractivity contribution in [3.8, 4) is 11.5 Å². The van der Waals surface area contributed by atoms with Gasteiger partial charge in [0.05, 0.1) is 4.47 Å². The number of hydrogen-bond acceptors (Lipinski definition) is 5. The van der Waals surface area contributed by atoms with E-state index in [9.17, 15) is 0 Å². The van der Waals surface area contributed by atoms with Gasteiger partial charge in [-0.3, -0.25) is 0 Å². The van der Waals surface area contributed by atoms with E-state index < -0.39 is 0 Å². The fourth-order valence-corrected chi connectivity index (χ4v) is 4.62. The van der Waals surface area contributed by atoms with E-state index in [4.69, 9.17) is 18.9 Å². The van der Waals surface area contributed by atoms with Crippen molar-refractivity contribution in [1.29, 1.82) is 0 Å². The Labute approximate surface area is 161 Å². The average Bonchev–Trinajstić information content (AvgIpc) is 3.02. The first-order valence-electron chi connectivity index (χ1n) is 7.99. The minimum atomic E-state index is 0.185. The van der Waals surface area contributed by atoms with E-state index in [1.807, 2.05) is 23.9 Å². The van der Waals surface area contributed by atoms with Crippen LogP contribution in [0.3, 0.4) is 0 Å². The molecule has 1 aliphatic heterocycles. The van der Waals surface area contributed by atoms with Crippen molar-refractivity contribution >= 4 is 27.7 Å². The Morgan fingerprint density at radius 2 is 1.72 bits per heavy atom. The molecule has 0 amide bonds. The fourth-order valence-electron chi connectivity index (χ4n) is 2.79. The second-order valence-electron chi connectivity index (χ2n) is 5.73. The molecule has 2 aliphatic rings. The number of fused-ring (bicyclic) bond motifs is 1. The molecule has 1 aliphatic carbocycles. The summed E-state index contributed by atoms with van der Waals surface area (Å²) in [6.07, 6.45) is 11.9. The topological polar surface area (TPSA) is 36.9 Å². The van der Waals surface area contributed by atoms with Gasteiger partial charge < -0.3 is 18.9 Å². The fraction of sp³-hybridized carbons (Fsp3) is 0.368. The van der Waals surface area contributed by atoms with Gasteiger partial charge in [-0.15, -0.1) is 11.8 Å². The van der Waals surface area contributed by atoms with Crippen LogP contribution in [-0.2, 0) is 15.9 Å². The second-order valence-corrected chi connectivity index (χ2v) is 7.89. The number of allylic oxidation sites excluding steroid dienone is 5. The van der Waals surface area contributed by atoms with Crippen LogP contribution in [-0.4, -0.2) is 33.1 Å². The SMILES string of the molecule is COCOc1cc(OCOC)c(CC2=CC3C=CC=CC3S2)cc1Br. The van der Waals surface area contributed by atoms with Gasteiger partial charge >= 0.3 is 0 Å². The predicted octanol–water partition coefficient (Wildman–Crippen LogP) is 4.70. The number of rotatable bonds is 8. The van der Waals surface area contributed by atoms with Crippen LogP contribution in [0.5, 0.6) is 11.5 Å². The van der Waals surface area contributed by atoms with Crippen LogP contribution in [0.25, 0.3) is 0 Å². The van der Waals surface area contributed by atoms with E-state index in [2.05, 4.69) is 46.3 Å². The minimum absolute atomic E-state index is 0.185. The van der Waals surface area contributed by atoms with E-state index >= 15 is 0 Å². The molecule has 134 valence electrons. The zero-order chi connectivity index (χ0) is 17.6. The molecule has 25 heavy (non-hydrogen) atoms. The van der Waals surface area contributed by atoms with Crippen molar-refractivity contribution in [3.63, 3.8) is 0 Å². The first-order valence-corrected chi connectivity index (χ1v) is 9.66. The van der Waals surface area contributed by atoms with Gasteiger partial charge in [-0.1, -0.05) is 30.4 Å². The van der Waals surface area contributed by atoms with Gasteiger partial charge in [-0.05, 0) is 26.9 Å². The van der Waals surface area contributed by atoms with Gasteiger partial charge in [0.1, 0.15) is 11.5 Å². The van der Waals surface area contributed by atoms with Gasteiger partial charge in [0.2, 0.25) is 0 Å². The Balaban J connectivity index is 1.80. The number of thioether (sulfide) groups is 1. The maximum absolute atomic E-state index is 5.76. The summed E-state index contributed by atoms with van der Waals surface area (Å²) >= 11 is 5.49. The molecule has 0 bridgehead atoms. The summed E-state index contributed by atoms with van der Waals surface area (Å²) in [4.78, 5) is 1.35. The average molecular weight is 425 g/mol. The summed E-state index contributed by atoms with van der Waals surface area (Å²) in [6.45, 7) is 0.381. The highest BCUT2D eigenvalue weighted by molar-refractivity contribution is 9.10. The van der Waals surface area contributed by atoms with E-state index in [0.29, 0.717) is 16.9 Å². The predicted molar refractivity (Wildman–Crippen MR) is 104 cm³/mol. The molecule has 0 spiro atoms. The smallest absolute Gasteiger partial charge is 0.188 e. The zero-order valence-electron chi connectivity index (χ0n) is 14.2. The number of ether oxygens (including phenoxy) is 4. The highest BCUT2D eigenvalue weighted by Gasteiger charge is 2.26. The molecule has 6 heteroatoms. The maximum atomic E-state index is 5.76. The van der Waals surface area contributed by atoms with Crippen LogP contribution in [0.1, 0.15) is 5.56 Å². The zero-order valence-corrected chi connectivity index (χ0v) is 16.6. The summed E-state index contributed by atoms with van der Waals surface area (Å²) in [6, 6.07) is 3.93. The third-order valence-corrected chi connectivity index (χ3v) is 5.88. The minimum Gasteiger partial charge on any atom is -0.467 e. The van der Waals surface area contributed by atoms with Crippen LogP contribution in [0, 0.1) is 5.92 Å². The summed E-state index contributed by atoms with van der Waals surface area (Å²) in [5.41, 5.74) is 1.10. The molecule has 2 unspecified atom stereocenters. The van der Waals surface area contributed by atoms with Gasteiger partial charge in [-0.25, -0.2) is 0 Å². The Hall–Kier alpha value is -1.21. The third kappa shape index (κ3) is 4.70. The normalized spacial score (nSPS) is 21.2. The van der Waals surface area contributed by atoms with E-state index in [1.54, 1.807) is 14.2 Å². The molecule has 0 aromatic heterocycles. The molecule has 0 radical (unpaired) electrons. The van der Waals surface area contributed by atoms with E-state index in [-0.39, 0.29) is 13.6 Å². The van der Waals surface area contributed by atoms with Gasteiger partial charge in [-0.2, -0.15) is 0 Å². The molecule has 0 saturated heterocycles. The lowest BCUT2D eigenvalue weighted by molar-refractivity contribution is 0.0453. The lowest BCUT2D eigenvalue weighted by Crippen LogP contribution is -2.07. The van der Waals surface area contributed by atoms with Crippen LogP contribution in [0.2, 0.25) is 0 Å². The molecule has 3 rings (SSSR count). The monoisotopic (exact) mass is 424 g/mol. The van der Waals surface area contributed by atoms with E-state index in [1.165, 1.54) is 4.91 Å². The number of halogens is 1. The highest BCUT2D eigenvalue weighted by Crippen LogP contribution is 2.43. The first-order chi connectivity index (χ1) is 12.2. The largest absolute Gasteiger partial charge is 0.467 e. The molecule has 1 aromatic rings. The van der Waals surface area contributed by atoms with Gasteiger partial charge in [0.15, 0.2) is 13.6 Å². The molecule has 1 aromatic carbocycles. The van der Waals surface area contributed by atoms with Crippen molar-refractivity contribution in [3.05, 3.63) is 57.5 Å². The summed E-state index contributed by atoms with van der Waals surface area (Å²) in [5.74, 6) is 1.93. The standard InChI is InChI=1S/C19H21BrO4S/c1-21-11-23-17-10-18(24-12-22-2)16(20)9-14(17)8-15-7-13-5-3-4-6-19(13)25-15/h3-7,9-10,13,19H,8,11-12H2,1-2H3. The van der Waals surface area contributed by atoms with Crippen molar-refractivity contribution in [2.24, 2.45) is 5.92 Å². The lowest BCUT2D eigenvalue weighted by Gasteiger charge is -2.16. The highest BCUT2D eigenvalue weighted by atomic mass is 79.9. The van der Waals surface area contributed by atoms with Crippen molar-refractivity contribution in [1.82, 2.24) is 0 Å². The molecule has 0 N–H and O–H groups in total. The first kappa shape index (κ1) is 18.6.